The van der Waals surface area contributed by atoms with Gasteiger partial charge in [0.1, 0.15) is 11.5 Å². The van der Waals surface area contributed by atoms with E-state index in [1.165, 1.54) is 12.1 Å². The van der Waals surface area contributed by atoms with Crippen molar-refractivity contribution in [1.82, 2.24) is 4.90 Å². The van der Waals surface area contributed by atoms with E-state index in [0.717, 1.165) is 6.07 Å². The third-order valence-corrected chi connectivity index (χ3v) is 3.61. The Morgan fingerprint density at radius 1 is 1.43 bits per heavy atom. The fraction of sp³-hybridized carbons (Fsp3) is 0.533. The molecule has 0 aliphatic carbocycles. The van der Waals surface area contributed by atoms with Crippen LogP contribution in [0, 0.1) is 15.9 Å². The largest absolute Gasteiger partial charge is 0.447 e. The highest BCUT2D eigenvalue weighted by molar-refractivity contribution is 5.68. The summed E-state index contributed by atoms with van der Waals surface area (Å²) in [6.45, 7) is 4.61. The van der Waals surface area contributed by atoms with Gasteiger partial charge in [0.25, 0.3) is 5.69 Å². The number of carbonyl (C=O) groups is 1. The van der Waals surface area contributed by atoms with E-state index in [9.17, 15) is 19.3 Å². The van der Waals surface area contributed by atoms with Crippen LogP contribution in [0.2, 0.25) is 0 Å². The van der Waals surface area contributed by atoms with E-state index >= 15 is 0 Å². The van der Waals surface area contributed by atoms with E-state index in [0.29, 0.717) is 31.6 Å². The number of halogens is 1. The van der Waals surface area contributed by atoms with E-state index in [1.54, 1.807) is 18.7 Å². The number of piperidine rings is 1. The Hall–Kier alpha value is -2.38. The number of ether oxygens (including phenoxy) is 1. The Balaban J connectivity index is 1.94. The zero-order valence-corrected chi connectivity index (χ0v) is 13.1. The summed E-state index contributed by atoms with van der Waals surface area (Å²) in [4.78, 5) is 23.8. The number of nitrogens with one attached hydrogen (secondary N) is 1. The molecular weight excluding hydrogens is 305 g/mol. The van der Waals surface area contributed by atoms with Crippen molar-refractivity contribution in [2.45, 2.75) is 38.8 Å². The van der Waals surface area contributed by atoms with Gasteiger partial charge in [0.15, 0.2) is 0 Å². The van der Waals surface area contributed by atoms with Crippen LogP contribution in [0.5, 0.6) is 0 Å². The van der Waals surface area contributed by atoms with Crippen molar-refractivity contribution >= 4 is 17.5 Å². The zero-order chi connectivity index (χ0) is 17.0. The number of nitro benzene ring substituents is 1. The Morgan fingerprint density at radius 2 is 2.09 bits per heavy atom. The van der Waals surface area contributed by atoms with Crippen LogP contribution in [-0.4, -0.2) is 41.2 Å². The van der Waals surface area contributed by atoms with Gasteiger partial charge in [-0.1, -0.05) is 0 Å². The number of benzene rings is 1. The third kappa shape index (κ3) is 4.54. The van der Waals surface area contributed by atoms with Gasteiger partial charge in [0, 0.05) is 19.1 Å². The molecule has 0 bridgehead atoms. The number of hydrogen-bond donors (Lipinski definition) is 1. The van der Waals surface area contributed by atoms with E-state index in [4.69, 9.17) is 4.74 Å². The lowest BCUT2D eigenvalue weighted by atomic mass is 10.0. The highest BCUT2D eigenvalue weighted by Gasteiger charge is 2.26. The maximum Gasteiger partial charge on any atom is 0.410 e. The van der Waals surface area contributed by atoms with Crippen LogP contribution < -0.4 is 5.32 Å². The maximum absolute atomic E-state index is 13.1. The number of likely N-dealkylation sites (tertiary alicyclic amines) is 1. The molecule has 0 spiro atoms. The van der Waals surface area contributed by atoms with E-state index in [1.807, 2.05) is 0 Å². The first kappa shape index (κ1) is 17.0. The molecule has 1 amide bonds. The number of nitrogens with zero attached hydrogens (tertiary/aromatic N) is 2. The van der Waals surface area contributed by atoms with Crippen LogP contribution in [0.15, 0.2) is 18.2 Å². The minimum absolute atomic E-state index is 0.0118. The summed E-state index contributed by atoms with van der Waals surface area (Å²) in [5.41, 5.74) is 0.00579. The number of nitro groups is 1. The van der Waals surface area contributed by atoms with Crippen molar-refractivity contribution in [1.29, 1.82) is 0 Å². The molecule has 126 valence electrons. The van der Waals surface area contributed by atoms with Crippen molar-refractivity contribution in [3.8, 4) is 0 Å². The van der Waals surface area contributed by atoms with Gasteiger partial charge in [0.05, 0.1) is 17.1 Å². The summed E-state index contributed by atoms with van der Waals surface area (Å²) in [6, 6.07) is 3.44. The minimum atomic E-state index is -0.645. The van der Waals surface area contributed by atoms with Gasteiger partial charge in [-0.2, -0.15) is 0 Å². The van der Waals surface area contributed by atoms with Gasteiger partial charge in [-0.05, 0) is 38.8 Å². The number of amides is 1. The normalized spacial score (nSPS) is 15.6. The zero-order valence-electron chi connectivity index (χ0n) is 13.1. The van der Waals surface area contributed by atoms with Gasteiger partial charge in [-0.15, -0.1) is 0 Å². The number of carbonyl (C=O) groups excluding carboxylic acids is 1. The second kappa shape index (κ2) is 7.26. The van der Waals surface area contributed by atoms with E-state index < -0.39 is 10.7 Å². The Kier molecular flexibility index (Phi) is 5.36. The number of anilines is 1. The molecule has 2 rings (SSSR count). The number of hydrogen-bond acceptors (Lipinski definition) is 5. The molecule has 0 atom stereocenters. The summed E-state index contributed by atoms with van der Waals surface area (Å²) in [6.07, 6.45) is 0.773. The maximum atomic E-state index is 13.1. The molecule has 0 unspecified atom stereocenters. The van der Waals surface area contributed by atoms with Crippen LogP contribution in [0.3, 0.4) is 0 Å². The molecule has 1 saturated heterocycles. The van der Waals surface area contributed by atoms with Crippen LogP contribution in [-0.2, 0) is 4.74 Å². The lowest BCUT2D eigenvalue weighted by Gasteiger charge is -2.32. The highest BCUT2D eigenvalue weighted by Crippen LogP contribution is 2.27. The fourth-order valence-corrected chi connectivity index (χ4v) is 2.48. The average Bonchev–Trinajstić information content (AvgIpc) is 2.49. The van der Waals surface area contributed by atoms with Gasteiger partial charge in [-0.3, -0.25) is 10.1 Å². The molecular formula is C15H20FN3O4. The van der Waals surface area contributed by atoms with Gasteiger partial charge in [0.2, 0.25) is 0 Å². The SMILES string of the molecule is CC(C)OC(=O)N1CCC(Nc2ccc(F)cc2[N+](=O)[O-])CC1. The first-order valence-corrected chi connectivity index (χ1v) is 7.53. The lowest BCUT2D eigenvalue weighted by molar-refractivity contribution is -0.384. The van der Waals surface area contributed by atoms with E-state index in [2.05, 4.69) is 5.32 Å². The summed E-state index contributed by atoms with van der Waals surface area (Å²) >= 11 is 0. The smallest absolute Gasteiger partial charge is 0.410 e. The Morgan fingerprint density at radius 3 is 2.65 bits per heavy atom. The summed E-state index contributed by atoms with van der Waals surface area (Å²) < 4.78 is 18.3. The molecule has 7 nitrogen and oxygen atoms in total. The third-order valence-electron chi connectivity index (χ3n) is 3.61. The lowest BCUT2D eigenvalue weighted by Crippen LogP contribution is -2.43. The van der Waals surface area contributed by atoms with Crippen LogP contribution in [0.1, 0.15) is 26.7 Å². The van der Waals surface area contributed by atoms with Crippen molar-refractivity contribution in [3.05, 3.63) is 34.1 Å². The van der Waals surface area contributed by atoms with Gasteiger partial charge < -0.3 is 15.0 Å². The highest BCUT2D eigenvalue weighted by atomic mass is 19.1. The molecule has 1 aromatic rings. The predicted molar refractivity (Wildman–Crippen MR) is 82.9 cm³/mol. The second-order valence-electron chi connectivity index (χ2n) is 5.76. The van der Waals surface area contributed by atoms with Gasteiger partial charge >= 0.3 is 6.09 Å². The van der Waals surface area contributed by atoms with Crippen molar-refractivity contribution in [3.63, 3.8) is 0 Å². The summed E-state index contributed by atoms with van der Waals surface area (Å²) in [5, 5.41) is 14.1. The molecule has 23 heavy (non-hydrogen) atoms. The summed E-state index contributed by atoms with van der Waals surface area (Å²) in [5.74, 6) is -0.645. The van der Waals surface area contributed by atoms with Crippen molar-refractivity contribution in [2.24, 2.45) is 0 Å². The quantitative estimate of drug-likeness (QED) is 0.679. The second-order valence-corrected chi connectivity index (χ2v) is 5.76. The summed E-state index contributed by atoms with van der Waals surface area (Å²) in [7, 11) is 0. The first-order chi connectivity index (χ1) is 10.9. The molecule has 8 heteroatoms. The molecule has 1 aromatic carbocycles. The monoisotopic (exact) mass is 325 g/mol. The number of rotatable bonds is 4. The average molecular weight is 325 g/mol. The van der Waals surface area contributed by atoms with E-state index in [-0.39, 0.29) is 23.9 Å². The Labute approximate surface area is 133 Å². The van der Waals surface area contributed by atoms with Gasteiger partial charge in [-0.25, -0.2) is 9.18 Å². The molecule has 1 aliphatic rings. The fourth-order valence-electron chi connectivity index (χ4n) is 2.48. The molecule has 1 heterocycles. The van der Waals surface area contributed by atoms with Crippen LogP contribution in [0.25, 0.3) is 0 Å². The first-order valence-electron chi connectivity index (χ1n) is 7.53. The van der Waals surface area contributed by atoms with Crippen molar-refractivity contribution in [2.75, 3.05) is 18.4 Å². The Bertz CT molecular complexity index is 586. The van der Waals surface area contributed by atoms with Crippen LogP contribution >= 0.6 is 0 Å². The molecule has 1 fully saturated rings. The van der Waals surface area contributed by atoms with Crippen molar-refractivity contribution < 1.29 is 18.8 Å². The minimum Gasteiger partial charge on any atom is -0.447 e. The topological polar surface area (TPSA) is 84.7 Å². The van der Waals surface area contributed by atoms with Crippen LogP contribution in [0.4, 0.5) is 20.6 Å². The molecule has 0 aromatic heterocycles. The standard InChI is InChI=1S/C15H20FN3O4/c1-10(2)23-15(20)18-7-5-12(6-8-18)17-13-4-3-11(16)9-14(13)19(21)22/h3-4,9-10,12,17H,5-8H2,1-2H3. The molecule has 0 radical (unpaired) electrons. The molecule has 1 N–H and O–H groups in total. The molecule has 0 saturated carbocycles. The molecule has 1 aliphatic heterocycles. The predicted octanol–water partition coefficient (Wildman–Crippen LogP) is 3.16.